The van der Waals surface area contributed by atoms with Crippen molar-refractivity contribution in [1.29, 1.82) is 0 Å². The molecule has 0 bridgehead atoms. The number of rotatable bonds is 3. The van der Waals surface area contributed by atoms with Crippen molar-refractivity contribution in [2.24, 2.45) is 5.73 Å². The third-order valence-corrected chi connectivity index (χ3v) is 3.08. The molecule has 0 fully saturated rings. The summed E-state index contributed by atoms with van der Waals surface area (Å²) >= 11 is 1.42. The average molecular weight is 239 g/mol. The van der Waals surface area contributed by atoms with Gasteiger partial charge in [-0.1, -0.05) is 0 Å². The van der Waals surface area contributed by atoms with E-state index in [9.17, 15) is 9.59 Å². The van der Waals surface area contributed by atoms with Gasteiger partial charge in [-0.05, 0) is 30.9 Å². The van der Waals surface area contributed by atoms with Crippen LogP contribution in [0.4, 0.5) is 0 Å². The molecule has 4 nitrogen and oxygen atoms in total. The Labute approximate surface area is 98.2 Å². The molecule has 5 heteroatoms. The van der Waals surface area contributed by atoms with Gasteiger partial charge >= 0.3 is 5.97 Å². The van der Waals surface area contributed by atoms with Crippen LogP contribution in [0.15, 0.2) is 17.0 Å². The Balaban J connectivity index is 3.46. The minimum Gasteiger partial charge on any atom is -0.465 e. The number of benzene rings is 1. The van der Waals surface area contributed by atoms with E-state index < -0.39 is 11.9 Å². The number of methoxy groups -OCH3 is 1. The summed E-state index contributed by atoms with van der Waals surface area (Å²) in [5, 5.41) is 0. The third-order valence-electron chi connectivity index (χ3n) is 2.30. The van der Waals surface area contributed by atoms with E-state index in [0.717, 1.165) is 4.90 Å². The van der Waals surface area contributed by atoms with Crippen molar-refractivity contribution in [1.82, 2.24) is 0 Å². The molecule has 16 heavy (non-hydrogen) atoms. The zero-order valence-electron chi connectivity index (χ0n) is 9.37. The molecule has 0 saturated heterocycles. The molecule has 1 aromatic rings. The minimum absolute atomic E-state index is 0.346. The second kappa shape index (κ2) is 5.03. The highest BCUT2D eigenvalue weighted by molar-refractivity contribution is 7.98. The Morgan fingerprint density at radius 3 is 2.44 bits per heavy atom. The summed E-state index contributed by atoms with van der Waals surface area (Å²) in [6.45, 7) is 1.69. The van der Waals surface area contributed by atoms with Crippen LogP contribution in [0, 0.1) is 6.92 Å². The maximum atomic E-state index is 11.6. The van der Waals surface area contributed by atoms with Gasteiger partial charge in [-0.15, -0.1) is 11.8 Å². The number of amides is 1. The van der Waals surface area contributed by atoms with E-state index in [0.29, 0.717) is 16.7 Å². The molecule has 1 aromatic carbocycles. The predicted octanol–water partition coefficient (Wildman–Crippen LogP) is 1.60. The first kappa shape index (κ1) is 12.6. The Morgan fingerprint density at radius 1 is 1.38 bits per heavy atom. The number of carbonyl (C=O) groups is 2. The maximum Gasteiger partial charge on any atom is 0.339 e. The van der Waals surface area contributed by atoms with Gasteiger partial charge in [0.2, 0.25) is 5.91 Å². The molecule has 2 N–H and O–H groups in total. The summed E-state index contributed by atoms with van der Waals surface area (Å²) in [5.41, 5.74) is 6.53. The van der Waals surface area contributed by atoms with Crippen molar-refractivity contribution in [2.45, 2.75) is 11.8 Å². The first-order valence-corrected chi connectivity index (χ1v) is 5.81. The maximum absolute atomic E-state index is 11.6. The topological polar surface area (TPSA) is 69.4 Å². The quantitative estimate of drug-likeness (QED) is 0.642. The van der Waals surface area contributed by atoms with Gasteiger partial charge in [-0.2, -0.15) is 0 Å². The van der Waals surface area contributed by atoms with Gasteiger partial charge in [-0.25, -0.2) is 4.79 Å². The number of hydrogen-bond donors (Lipinski definition) is 1. The van der Waals surface area contributed by atoms with E-state index in [1.807, 2.05) is 6.26 Å². The highest BCUT2D eigenvalue weighted by Crippen LogP contribution is 2.26. The summed E-state index contributed by atoms with van der Waals surface area (Å²) in [6.07, 6.45) is 1.85. The summed E-state index contributed by atoms with van der Waals surface area (Å²) < 4.78 is 4.69. The molecule has 86 valence electrons. The molecule has 0 spiro atoms. The highest BCUT2D eigenvalue weighted by atomic mass is 32.2. The van der Waals surface area contributed by atoms with Crippen LogP contribution >= 0.6 is 11.8 Å². The van der Waals surface area contributed by atoms with Crippen molar-refractivity contribution < 1.29 is 14.3 Å². The standard InChI is InChI=1S/C11H13NO3S/c1-6-7(10(12)13)4-5-8(16-3)9(6)11(14)15-2/h4-5H,1-3H3,(H2,12,13). The van der Waals surface area contributed by atoms with Gasteiger partial charge in [0.05, 0.1) is 12.7 Å². The largest absolute Gasteiger partial charge is 0.465 e. The van der Waals surface area contributed by atoms with Gasteiger partial charge in [0, 0.05) is 10.5 Å². The first-order chi connectivity index (χ1) is 7.52. The van der Waals surface area contributed by atoms with Gasteiger partial charge in [0.15, 0.2) is 0 Å². The van der Waals surface area contributed by atoms with E-state index in [4.69, 9.17) is 5.73 Å². The number of hydrogen-bond acceptors (Lipinski definition) is 4. The predicted molar refractivity (Wildman–Crippen MR) is 62.8 cm³/mol. The lowest BCUT2D eigenvalue weighted by Gasteiger charge is -2.11. The Bertz CT molecular complexity index is 443. The van der Waals surface area contributed by atoms with Crippen molar-refractivity contribution in [3.63, 3.8) is 0 Å². The summed E-state index contributed by atoms with van der Waals surface area (Å²) in [4.78, 5) is 23.5. The van der Waals surface area contributed by atoms with Crippen LogP contribution in [-0.2, 0) is 4.74 Å². The highest BCUT2D eigenvalue weighted by Gasteiger charge is 2.19. The Hall–Kier alpha value is -1.49. The lowest BCUT2D eigenvalue weighted by Crippen LogP contribution is -2.16. The summed E-state index contributed by atoms with van der Waals surface area (Å²) in [7, 11) is 1.31. The molecule has 0 saturated carbocycles. The average Bonchev–Trinajstić information content (AvgIpc) is 2.26. The third kappa shape index (κ3) is 2.19. The molecule has 0 unspecified atom stereocenters. The smallest absolute Gasteiger partial charge is 0.339 e. The van der Waals surface area contributed by atoms with Crippen LogP contribution in [-0.4, -0.2) is 25.2 Å². The molecule has 0 aliphatic heterocycles. The van der Waals surface area contributed by atoms with E-state index in [2.05, 4.69) is 4.74 Å². The number of carbonyl (C=O) groups excluding carboxylic acids is 2. The Kier molecular flexibility index (Phi) is 3.95. The van der Waals surface area contributed by atoms with Gasteiger partial charge in [-0.3, -0.25) is 4.79 Å². The molecule has 0 aliphatic carbocycles. The van der Waals surface area contributed by atoms with Gasteiger partial charge in [0.1, 0.15) is 0 Å². The number of esters is 1. The van der Waals surface area contributed by atoms with Gasteiger partial charge < -0.3 is 10.5 Å². The second-order valence-corrected chi connectivity index (χ2v) is 4.02. The van der Waals surface area contributed by atoms with Crippen LogP contribution in [0.5, 0.6) is 0 Å². The second-order valence-electron chi connectivity index (χ2n) is 3.17. The summed E-state index contributed by atoms with van der Waals surface area (Å²) in [5.74, 6) is -1.000. The van der Waals surface area contributed by atoms with Crippen LogP contribution in [0.2, 0.25) is 0 Å². The fraction of sp³-hybridized carbons (Fsp3) is 0.273. The first-order valence-electron chi connectivity index (χ1n) is 4.58. The molecule has 0 aromatic heterocycles. The molecule has 1 amide bonds. The van der Waals surface area contributed by atoms with Crippen molar-refractivity contribution in [3.8, 4) is 0 Å². The van der Waals surface area contributed by atoms with Gasteiger partial charge in [0.25, 0.3) is 0 Å². The van der Waals surface area contributed by atoms with E-state index >= 15 is 0 Å². The fourth-order valence-corrected chi connectivity index (χ4v) is 2.12. The fourth-order valence-electron chi connectivity index (χ4n) is 1.48. The molecule has 0 atom stereocenters. The molecular formula is C11H13NO3S. The van der Waals surface area contributed by atoms with E-state index in [1.165, 1.54) is 18.9 Å². The number of primary amides is 1. The summed E-state index contributed by atoms with van der Waals surface area (Å²) in [6, 6.07) is 3.32. The van der Waals surface area contributed by atoms with Crippen LogP contribution in [0.1, 0.15) is 26.3 Å². The van der Waals surface area contributed by atoms with E-state index in [1.54, 1.807) is 19.1 Å². The van der Waals surface area contributed by atoms with Crippen LogP contribution in [0.25, 0.3) is 0 Å². The van der Waals surface area contributed by atoms with Crippen molar-refractivity contribution in [3.05, 3.63) is 28.8 Å². The number of nitrogens with two attached hydrogens (primary N) is 1. The normalized spacial score (nSPS) is 9.94. The zero-order chi connectivity index (χ0) is 12.3. The zero-order valence-corrected chi connectivity index (χ0v) is 10.2. The van der Waals surface area contributed by atoms with Crippen LogP contribution < -0.4 is 5.73 Å². The lowest BCUT2D eigenvalue weighted by atomic mass is 10.0. The molecule has 1 rings (SSSR count). The molecule has 0 aliphatic rings. The lowest BCUT2D eigenvalue weighted by molar-refractivity contribution is 0.0596. The number of thioether (sulfide) groups is 1. The van der Waals surface area contributed by atoms with Crippen molar-refractivity contribution in [2.75, 3.05) is 13.4 Å². The SMILES string of the molecule is COC(=O)c1c(SC)ccc(C(N)=O)c1C. The Morgan fingerprint density at radius 2 is 2.00 bits per heavy atom. The molecule has 0 radical (unpaired) electrons. The van der Waals surface area contributed by atoms with Crippen LogP contribution in [0.3, 0.4) is 0 Å². The monoisotopic (exact) mass is 239 g/mol. The van der Waals surface area contributed by atoms with E-state index in [-0.39, 0.29) is 0 Å². The minimum atomic E-state index is -0.546. The molecular weight excluding hydrogens is 226 g/mol. The molecule has 0 heterocycles. The number of ether oxygens (including phenoxy) is 1. The van der Waals surface area contributed by atoms with Crippen molar-refractivity contribution >= 4 is 23.6 Å².